The zero-order valence-corrected chi connectivity index (χ0v) is 6.21. The van der Waals surface area contributed by atoms with Gasteiger partial charge in [0.2, 0.25) is 0 Å². The lowest BCUT2D eigenvalue weighted by atomic mass is 9.97. The van der Waals surface area contributed by atoms with Gasteiger partial charge in [0.15, 0.2) is 0 Å². The quantitative estimate of drug-likeness (QED) is 0.557. The summed E-state index contributed by atoms with van der Waals surface area (Å²) in [5.41, 5.74) is 0. The minimum Gasteiger partial charge on any atom is -0.381 e. The Balaban J connectivity index is 2.07. The van der Waals surface area contributed by atoms with E-state index in [9.17, 15) is 4.79 Å². The van der Waals surface area contributed by atoms with Crippen molar-refractivity contribution in [3.63, 3.8) is 0 Å². The first-order valence-corrected chi connectivity index (χ1v) is 3.95. The standard InChI is InChI=1S/C8H14O2/c9-5-1-3-8-4-2-6-10-7-8/h5,8H,1-4,6-7H2. The lowest BCUT2D eigenvalue weighted by molar-refractivity contribution is -0.108. The molecule has 0 bridgehead atoms. The van der Waals surface area contributed by atoms with Crippen LogP contribution in [0.4, 0.5) is 0 Å². The molecule has 0 saturated carbocycles. The molecule has 0 N–H and O–H groups in total. The van der Waals surface area contributed by atoms with Gasteiger partial charge in [0.25, 0.3) is 0 Å². The maximum Gasteiger partial charge on any atom is 0.120 e. The van der Waals surface area contributed by atoms with E-state index in [0.717, 1.165) is 25.9 Å². The molecule has 0 spiro atoms. The Morgan fingerprint density at radius 1 is 1.60 bits per heavy atom. The normalized spacial score (nSPS) is 26.2. The van der Waals surface area contributed by atoms with Crippen molar-refractivity contribution >= 4 is 6.29 Å². The molecule has 1 unspecified atom stereocenters. The summed E-state index contributed by atoms with van der Waals surface area (Å²) in [5, 5.41) is 0. The molecule has 1 aliphatic rings. The average Bonchev–Trinajstić information content (AvgIpc) is 2.03. The van der Waals surface area contributed by atoms with E-state index in [0.29, 0.717) is 12.3 Å². The Kier molecular flexibility index (Phi) is 3.44. The SMILES string of the molecule is O=CCCC1CCCOC1. The number of carbonyl (C=O) groups excluding carboxylic acids is 1. The molecule has 1 heterocycles. The van der Waals surface area contributed by atoms with Gasteiger partial charge < -0.3 is 9.53 Å². The van der Waals surface area contributed by atoms with Gasteiger partial charge in [-0.15, -0.1) is 0 Å². The summed E-state index contributed by atoms with van der Waals surface area (Å²) >= 11 is 0. The van der Waals surface area contributed by atoms with Gasteiger partial charge in [0, 0.05) is 19.6 Å². The Bertz CT molecular complexity index is 95.4. The van der Waals surface area contributed by atoms with Gasteiger partial charge >= 0.3 is 0 Å². The van der Waals surface area contributed by atoms with Crippen LogP contribution in [0.15, 0.2) is 0 Å². The summed E-state index contributed by atoms with van der Waals surface area (Å²) in [6.07, 6.45) is 5.13. The lowest BCUT2D eigenvalue weighted by Crippen LogP contribution is -2.16. The lowest BCUT2D eigenvalue weighted by Gasteiger charge is -2.20. The molecule has 2 nitrogen and oxygen atoms in total. The molecule has 58 valence electrons. The van der Waals surface area contributed by atoms with Crippen molar-refractivity contribution in [2.45, 2.75) is 25.7 Å². The molecule has 1 rings (SSSR count). The van der Waals surface area contributed by atoms with Crippen molar-refractivity contribution < 1.29 is 9.53 Å². The molecule has 2 heteroatoms. The van der Waals surface area contributed by atoms with Crippen LogP contribution >= 0.6 is 0 Å². The van der Waals surface area contributed by atoms with Crippen LogP contribution in [0.25, 0.3) is 0 Å². The summed E-state index contributed by atoms with van der Waals surface area (Å²) in [4.78, 5) is 10.0. The van der Waals surface area contributed by atoms with E-state index in [-0.39, 0.29) is 0 Å². The summed E-state index contributed by atoms with van der Waals surface area (Å²) < 4.78 is 5.26. The third kappa shape index (κ3) is 2.48. The Morgan fingerprint density at radius 2 is 2.50 bits per heavy atom. The minimum atomic E-state index is 0.652. The number of hydrogen-bond acceptors (Lipinski definition) is 2. The summed E-state index contributed by atoms with van der Waals surface area (Å²) in [7, 11) is 0. The van der Waals surface area contributed by atoms with Gasteiger partial charge in [0.1, 0.15) is 6.29 Å². The van der Waals surface area contributed by atoms with Crippen molar-refractivity contribution in [2.24, 2.45) is 5.92 Å². The van der Waals surface area contributed by atoms with Crippen LogP contribution in [-0.2, 0) is 9.53 Å². The van der Waals surface area contributed by atoms with Gasteiger partial charge in [-0.3, -0.25) is 0 Å². The molecular formula is C8H14O2. The van der Waals surface area contributed by atoms with Crippen LogP contribution in [0.1, 0.15) is 25.7 Å². The minimum absolute atomic E-state index is 0.652. The van der Waals surface area contributed by atoms with Crippen LogP contribution in [0.2, 0.25) is 0 Å². The first-order valence-electron chi connectivity index (χ1n) is 3.95. The van der Waals surface area contributed by atoms with Gasteiger partial charge in [0.05, 0.1) is 0 Å². The second kappa shape index (κ2) is 4.45. The second-order valence-corrected chi connectivity index (χ2v) is 2.83. The maximum absolute atomic E-state index is 10.0. The Morgan fingerprint density at radius 3 is 3.10 bits per heavy atom. The first-order chi connectivity index (χ1) is 4.93. The molecule has 0 aromatic carbocycles. The third-order valence-electron chi connectivity index (χ3n) is 1.95. The number of hydrogen-bond donors (Lipinski definition) is 0. The average molecular weight is 142 g/mol. The molecule has 1 fully saturated rings. The highest BCUT2D eigenvalue weighted by Crippen LogP contribution is 2.17. The number of aldehydes is 1. The molecule has 10 heavy (non-hydrogen) atoms. The van der Waals surface area contributed by atoms with Crippen molar-refractivity contribution in [3.05, 3.63) is 0 Å². The van der Waals surface area contributed by atoms with Crippen LogP contribution in [-0.4, -0.2) is 19.5 Å². The fraction of sp³-hybridized carbons (Fsp3) is 0.875. The van der Waals surface area contributed by atoms with E-state index in [1.54, 1.807) is 0 Å². The molecule has 0 amide bonds. The van der Waals surface area contributed by atoms with Gasteiger partial charge in [-0.05, 0) is 25.2 Å². The van der Waals surface area contributed by atoms with Crippen LogP contribution < -0.4 is 0 Å². The van der Waals surface area contributed by atoms with E-state index < -0.39 is 0 Å². The highest BCUT2D eigenvalue weighted by atomic mass is 16.5. The van der Waals surface area contributed by atoms with Crippen LogP contribution in [0.3, 0.4) is 0 Å². The predicted molar refractivity (Wildman–Crippen MR) is 38.8 cm³/mol. The van der Waals surface area contributed by atoms with Gasteiger partial charge in [-0.2, -0.15) is 0 Å². The molecule has 0 aromatic heterocycles. The van der Waals surface area contributed by atoms with Crippen molar-refractivity contribution in [3.8, 4) is 0 Å². The monoisotopic (exact) mass is 142 g/mol. The van der Waals surface area contributed by atoms with E-state index in [1.807, 2.05) is 0 Å². The summed E-state index contributed by atoms with van der Waals surface area (Å²) in [5.74, 6) is 0.652. The summed E-state index contributed by atoms with van der Waals surface area (Å²) in [6, 6.07) is 0. The first kappa shape index (κ1) is 7.73. The molecule has 0 radical (unpaired) electrons. The Hall–Kier alpha value is -0.370. The van der Waals surface area contributed by atoms with Gasteiger partial charge in [-0.25, -0.2) is 0 Å². The summed E-state index contributed by atoms with van der Waals surface area (Å²) in [6.45, 7) is 1.78. The second-order valence-electron chi connectivity index (χ2n) is 2.83. The fourth-order valence-corrected chi connectivity index (χ4v) is 1.34. The van der Waals surface area contributed by atoms with Gasteiger partial charge in [-0.1, -0.05) is 0 Å². The van der Waals surface area contributed by atoms with Crippen LogP contribution in [0.5, 0.6) is 0 Å². The topological polar surface area (TPSA) is 26.3 Å². The van der Waals surface area contributed by atoms with E-state index >= 15 is 0 Å². The third-order valence-corrected chi connectivity index (χ3v) is 1.95. The van der Waals surface area contributed by atoms with Crippen molar-refractivity contribution in [2.75, 3.05) is 13.2 Å². The number of carbonyl (C=O) groups is 1. The number of ether oxygens (including phenoxy) is 1. The largest absolute Gasteiger partial charge is 0.381 e. The molecular weight excluding hydrogens is 128 g/mol. The molecule has 1 atom stereocenters. The molecule has 0 aromatic rings. The zero-order valence-electron chi connectivity index (χ0n) is 6.21. The van der Waals surface area contributed by atoms with Crippen molar-refractivity contribution in [1.82, 2.24) is 0 Å². The highest BCUT2D eigenvalue weighted by molar-refractivity contribution is 5.49. The molecule has 1 aliphatic heterocycles. The highest BCUT2D eigenvalue weighted by Gasteiger charge is 2.12. The maximum atomic E-state index is 10.0. The Labute approximate surface area is 61.6 Å². The van der Waals surface area contributed by atoms with Crippen molar-refractivity contribution in [1.29, 1.82) is 0 Å². The smallest absolute Gasteiger partial charge is 0.120 e. The fourth-order valence-electron chi connectivity index (χ4n) is 1.34. The molecule has 0 aliphatic carbocycles. The molecule has 1 saturated heterocycles. The zero-order chi connectivity index (χ0) is 7.23. The van der Waals surface area contributed by atoms with E-state index in [4.69, 9.17) is 4.74 Å². The van der Waals surface area contributed by atoms with Crippen LogP contribution in [0, 0.1) is 5.92 Å². The van der Waals surface area contributed by atoms with E-state index in [1.165, 1.54) is 12.8 Å². The number of rotatable bonds is 3. The predicted octanol–water partition coefficient (Wildman–Crippen LogP) is 1.39. The van der Waals surface area contributed by atoms with E-state index in [2.05, 4.69) is 0 Å².